The van der Waals surface area contributed by atoms with E-state index in [9.17, 15) is 24.6 Å². The van der Waals surface area contributed by atoms with E-state index < -0.39 is 17.4 Å². The summed E-state index contributed by atoms with van der Waals surface area (Å²) in [5.41, 5.74) is 1.75. The van der Waals surface area contributed by atoms with Crippen molar-refractivity contribution in [3.63, 3.8) is 0 Å². The normalized spacial score (nSPS) is 20.6. The molecule has 7 rings (SSSR count). The van der Waals surface area contributed by atoms with E-state index in [-0.39, 0.29) is 37.4 Å². The summed E-state index contributed by atoms with van der Waals surface area (Å²) in [5, 5.41) is 21.7. The molecular formula is C39H36BrN3O6. The Morgan fingerprint density at radius 3 is 2.51 bits per heavy atom. The zero-order chi connectivity index (χ0) is 34.3. The van der Waals surface area contributed by atoms with E-state index in [1.807, 2.05) is 66.7 Å². The van der Waals surface area contributed by atoms with Gasteiger partial charge in [-0.05, 0) is 73.0 Å². The number of benzene rings is 4. The second kappa shape index (κ2) is 13.3. The molecule has 3 amide bonds. The Morgan fingerprint density at radius 1 is 1.00 bits per heavy atom. The third kappa shape index (κ3) is 5.83. The van der Waals surface area contributed by atoms with Crippen LogP contribution >= 0.6 is 15.9 Å². The fourth-order valence-corrected chi connectivity index (χ4v) is 7.42. The number of amides is 3. The lowest BCUT2D eigenvalue weighted by Gasteiger charge is -2.28. The number of carbonyl (C=O) groups excluding carboxylic acids is 3. The number of likely N-dealkylation sites (tertiary alicyclic amines) is 1. The first kappa shape index (κ1) is 32.8. The van der Waals surface area contributed by atoms with Gasteiger partial charge in [0.05, 0.1) is 36.1 Å². The van der Waals surface area contributed by atoms with Crippen LogP contribution in [0.3, 0.4) is 0 Å². The maximum atomic E-state index is 14.1. The van der Waals surface area contributed by atoms with E-state index in [0.29, 0.717) is 46.2 Å². The van der Waals surface area contributed by atoms with Crippen molar-refractivity contribution in [3.8, 4) is 11.5 Å². The number of ether oxygens (including phenoxy) is 1. The minimum absolute atomic E-state index is 0.0574. The Kier molecular flexibility index (Phi) is 8.87. The summed E-state index contributed by atoms with van der Waals surface area (Å²) in [6, 6.07) is 27.3. The number of rotatable bonds is 8. The molecule has 0 saturated carbocycles. The van der Waals surface area contributed by atoms with Crippen LogP contribution in [0.25, 0.3) is 0 Å². The van der Waals surface area contributed by atoms with Gasteiger partial charge < -0.3 is 24.7 Å². The maximum Gasteiger partial charge on any atom is 0.266 e. The minimum Gasteiger partial charge on any atom is -0.454 e. The molecule has 0 spiro atoms. The lowest BCUT2D eigenvalue weighted by atomic mass is 9.83. The van der Waals surface area contributed by atoms with Gasteiger partial charge in [0.2, 0.25) is 5.91 Å². The van der Waals surface area contributed by atoms with E-state index in [2.05, 4.69) is 15.9 Å². The predicted molar refractivity (Wildman–Crippen MR) is 190 cm³/mol. The van der Waals surface area contributed by atoms with Crippen molar-refractivity contribution in [1.82, 2.24) is 4.90 Å². The summed E-state index contributed by atoms with van der Waals surface area (Å²) in [6.07, 6.45) is 5.20. The average Bonchev–Trinajstić information content (AvgIpc) is 3.64. The van der Waals surface area contributed by atoms with Crippen LogP contribution in [0.2, 0.25) is 0 Å². The van der Waals surface area contributed by atoms with Crippen molar-refractivity contribution in [2.24, 2.45) is 5.92 Å². The summed E-state index contributed by atoms with van der Waals surface area (Å²) >= 11 is 3.50. The molecular weight excluding hydrogens is 686 g/mol. The number of aliphatic hydroxyl groups excluding tert-OH is 1. The van der Waals surface area contributed by atoms with Gasteiger partial charge in [-0.15, -0.1) is 0 Å². The quantitative estimate of drug-likeness (QED) is 0.193. The smallest absolute Gasteiger partial charge is 0.266 e. The van der Waals surface area contributed by atoms with Crippen molar-refractivity contribution >= 4 is 50.7 Å². The van der Waals surface area contributed by atoms with E-state index >= 15 is 0 Å². The molecule has 49 heavy (non-hydrogen) atoms. The Hall–Kier alpha value is -4.77. The number of hydrogen-bond donors (Lipinski definition) is 2. The predicted octanol–water partition coefficient (Wildman–Crippen LogP) is 6.83. The second-order valence-corrected chi connectivity index (χ2v) is 13.6. The van der Waals surface area contributed by atoms with Crippen LogP contribution in [0.5, 0.6) is 11.5 Å². The molecule has 1 saturated heterocycles. The number of anilines is 3. The second-order valence-electron chi connectivity index (χ2n) is 12.7. The van der Waals surface area contributed by atoms with Crippen molar-refractivity contribution in [2.45, 2.75) is 44.4 Å². The number of halogens is 1. The Balaban J connectivity index is 1.13. The molecule has 3 atom stereocenters. The fraction of sp³-hybridized carbons (Fsp3) is 0.256. The molecule has 3 aliphatic heterocycles. The lowest BCUT2D eigenvalue weighted by molar-refractivity contribution is -0.139. The average molecular weight is 723 g/mol. The molecule has 3 heterocycles. The monoisotopic (exact) mass is 721 g/mol. The molecule has 0 aliphatic carbocycles. The highest BCUT2D eigenvalue weighted by atomic mass is 79.9. The molecule has 2 N–H and O–H groups in total. The van der Waals surface area contributed by atoms with Gasteiger partial charge >= 0.3 is 0 Å². The van der Waals surface area contributed by atoms with E-state index in [4.69, 9.17) is 4.74 Å². The largest absolute Gasteiger partial charge is 0.454 e. The SMILES string of the molecule is C[C@H](/C=C/CC(=O)N1CCC[C@H]1CO)[C@@]1(O)C(=O)N(Cc2ccc(N3C(=O)c4ccccc4Oc4ccccc43)cc2)c2ccc(Br)cc21. The van der Waals surface area contributed by atoms with Crippen molar-refractivity contribution in [1.29, 1.82) is 0 Å². The van der Waals surface area contributed by atoms with Crippen LogP contribution in [-0.2, 0) is 21.7 Å². The van der Waals surface area contributed by atoms with E-state index in [1.165, 1.54) is 0 Å². The van der Waals surface area contributed by atoms with E-state index in [1.54, 1.807) is 58.0 Å². The van der Waals surface area contributed by atoms with Crippen molar-refractivity contribution < 1.29 is 29.3 Å². The highest BCUT2D eigenvalue weighted by Gasteiger charge is 2.52. The van der Waals surface area contributed by atoms with Gasteiger partial charge in [-0.25, -0.2) is 0 Å². The first-order chi connectivity index (χ1) is 23.7. The number of aliphatic hydroxyl groups is 2. The lowest BCUT2D eigenvalue weighted by Crippen LogP contribution is -2.44. The summed E-state index contributed by atoms with van der Waals surface area (Å²) in [5.74, 6) is -0.349. The third-order valence-electron chi connectivity index (χ3n) is 9.70. The van der Waals surface area contributed by atoms with Crippen LogP contribution in [0.4, 0.5) is 17.1 Å². The van der Waals surface area contributed by atoms with Crippen LogP contribution in [0, 0.1) is 5.92 Å². The van der Waals surface area contributed by atoms with Gasteiger partial charge in [0.1, 0.15) is 5.75 Å². The molecule has 10 heteroatoms. The van der Waals surface area contributed by atoms with Crippen LogP contribution in [-0.4, -0.2) is 52.0 Å². The molecule has 0 unspecified atom stereocenters. The zero-order valence-corrected chi connectivity index (χ0v) is 28.5. The zero-order valence-electron chi connectivity index (χ0n) is 27.0. The Labute approximate surface area is 293 Å². The molecule has 3 aliphatic rings. The number of hydrogen-bond acceptors (Lipinski definition) is 6. The van der Waals surface area contributed by atoms with Crippen LogP contribution in [0.1, 0.15) is 47.7 Å². The Morgan fingerprint density at radius 2 is 1.73 bits per heavy atom. The van der Waals surface area contributed by atoms with Crippen molar-refractivity contribution in [3.05, 3.63) is 124 Å². The summed E-state index contributed by atoms with van der Waals surface area (Å²) < 4.78 is 6.86. The molecule has 0 radical (unpaired) electrons. The summed E-state index contributed by atoms with van der Waals surface area (Å²) in [7, 11) is 0. The van der Waals surface area contributed by atoms with Crippen molar-refractivity contribution in [2.75, 3.05) is 23.0 Å². The Bertz CT molecular complexity index is 1960. The van der Waals surface area contributed by atoms with Gasteiger partial charge in [-0.1, -0.05) is 71.4 Å². The standard InChI is InChI=1S/C39H36BrN3O6/c1-25(8-6-14-36(45)41-21-7-9-29(41)24-44)39(48)31-22-27(40)17-20-32(31)42(38(39)47)23-26-15-18-28(19-16-26)43-33-11-3-5-13-35(33)49-34-12-4-2-10-30(34)37(43)46/h2-6,8,10-13,15-20,22,25,29,44,48H,7,9,14,21,23-24H2,1H3/b8-6+/t25-,29+,39+/m1/s1. The molecule has 9 nitrogen and oxygen atoms in total. The number of fused-ring (bicyclic) bond motifs is 3. The first-order valence-electron chi connectivity index (χ1n) is 16.4. The number of para-hydroxylation sites is 3. The highest BCUT2D eigenvalue weighted by Crippen LogP contribution is 2.47. The molecule has 0 bridgehead atoms. The summed E-state index contributed by atoms with van der Waals surface area (Å²) in [4.78, 5) is 45.7. The first-order valence-corrected chi connectivity index (χ1v) is 17.2. The summed E-state index contributed by atoms with van der Waals surface area (Å²) in [6.45, 7) is 2.53. The third-order valence-corrected chi connectivity index (χ3v) is 10.2. The van der Waals surface area contributed by atoms with Gasteiger partial charge in [-0.2, -0.15) is 0 Å². The molecule has 1 fully saturated rings. The van der Waals surface area contributed by atoms with Gasteiger partial charge in [0.25, 0.3) is 11.8 Å². The molecule has 250 valence electrons. The topological polar surface area (TPSA) is 111 Å². The molecule has 4 aromatic rings. The van der Waals surface area contributed by atoms with Gasteiger partial charge in [-0.3, -0.25) is 19.3 Å². The molecule has 0 aromatic heterocycles. The van der Waals surface area contributed by atoms with Crippen LogP contribution in [0.15, 0.2) is 108 Å². The van der Waals surface area contributed by atoms with E-state index in [0.717, 1.165) is 22.9 Å². The number of carbonyl (C=O) groups is 3. The van der Waals surface area contributed by atoms with Gasteiger partial charge in [0, 0.05) is 34.6 Å². The maximum absolute atomic E-state index is 14.1. The van der Waals surface area contributed by atoms with Gasteiger partial charge in [0.15, 0.2) is 11.4 Å². The minimum atomic E-state index is -1.85. The highest BCUT2D eigenvalue weighted by molar-refractivity contribution is 9.10. The van der Waals surface area contributed by atoms with Crippen LogP contribution < -0.4 is 14.5 Å². The number of nitrogens with zero attached hydrogens (tertiary/aromatic N) is 3. The fourth-order valence-electron chi connectivity index (χ4n) is 7.06. The molecule has 4 aromatic carbocycles.